The van der Waals surface area contributed by atoms with Crippen LogP contribution in [0, 0.1) is 5.92 Å². The molecule has 0 aliphatic heterocycles. The highest BCUT2D eigenvalue weighted by Crippen LogP contribution is 2.23. The van der Waals surface area contributed by atoms with Crippen LogP contribution in [0.1, 0.15) is 13.8 Å². The first-order valence-electron chi connectivity index (χ1n) is 5.02. The van der Waals surface area contributed by atoms with E-state index in [0.29, 0.717) is 10.8 Å². The summed E-state index contributed by atoms with van der Waals surface area (Å²) in [6.07, 6.45) is 0. The van der Waals surface area contributed by atoms with E-state index in [9.17, 15) is 4.79 Å². The maximum Gasteiger partial charge on any atom is 0.228 e. The van der Waals surface area contributed by atoms with E-state index in [0.717, 1.165) is 10.9 Å². The molecule has 0 spiro atoms. The molecule has 0 fully saturated rings. The first kappa shape index (κ1) is 11.0. The Morgan fingerprint density at radius 1 is 1.50 bits per heavy atom. The topological polar surface area (TPSA) is 57.8 Å². The highest BCUT2D eigenvalue weighted by atomic mass is 35.5. The molecule has 1 heterocycles. The number of aromatic nitrogens is 2. The summed E-state index contributed by atoms with van der Waals surface area (Å²) in [5, 5.41) is 11.1. The van der Waals surface area contributed by atoms with Crippen LogP contribution in [0.2, 0.25) is 5.02 Å². The molecule has 0 saturated heterocycles. The maximum absolute atomic E-state index is 11.5. The Labute approximate surface area is 98.0 Å². The summed E-state index contributed by atoms with van der Waals surface area (Å²) in [6.45, 7) is 3.67. The Kier molecular flexibility index (Phi) is 2.83. The van der Waals surface area contributed by atoms with Crippen LogP contribution in [-0.4, -0.2) is 16.1 Å². The van der Waals surface area contributed by atoms with Gasteiger partial charge in [0.15, 0.2) is 5.82 Å². The second-order valence-corrected chi connectivity index (χ2v) is 4.34. The molecule has 2 aromatic rings. The predicted molar refractivity (Wildman–Crippen MR) is 64.6 cm³/mol. The third kappa shape index (κ3) is 2.02. The van der Waals surface area contributed by atoms with Crippen LogP contribution in [0.4, 0.5) is 5.82 Å². The van der Waals surface area contributed by atoms with E-state index >= 15 is 0 Å². The Morgan fingerprint density at radius 2 is 2.25 bits per heavy atom. The fourth-order valence-corrected chi connectivity index (χ4v) is 1.52. The minimum Gasteiger partial charge on any atom is -0.308 e. The van der Waals surface area contributed by atoms with Crippen molar-refractivity contribution >= 4 is 34.2 Å². The SMILES string of the molecule is CC(C)C(=O)Nc1n[nH]c2cc(Cl)ccc12. The number of amides is 1. The lowest BCUT2D eigenvalue weighted by atomic mass is 10.2. The minimum absolute atomic E-state index is 0.0525. The van der Waals surface area contributed by atoms with E-state index in [1.54, 1.807) is 12.1 Å². The molecule has 2 rings (SSSR count). The lowest BCUT2D eigenvalue weighted by Gasteiger charge is -2.04. The molecule has 4 nitrogen and oxygen atoms in total. The van der Waals surface area contributed by atoms with Gasteiger partial charge in [0, 0.05) is 16.3 Å². The number of halogens is 1. The molecular formula is C11H12ClN3O. The zero-order chi connectivity index (χ0) is 11.7. The van der Waals surface area contributed by atoms with E-state index in [4.69, 9.17) is 11.6 Å². The van der Waals surface area contributed by atoms with Gasteiger partial charge in [0.1, 0.15) is 0 Å². The van der Waals surface area contributed by atoms with Crippen molar-refractivity contribution in [2.75, 3.05) is 5.32 Å². The lowest BCUT2D eigenvalue weighted by Crippen LogP contribution is -2.18. The minimum atomic E-state index is -0.0703. The van der Waals surface area contributed by atoms with Crippen molar-refractivity contribution in [3.8, 4) is 0 Å². The smallest absolute Gasteiger partial charge is 0.228 e. The molecule has 0 saturated carbocycles. The summed E-state index contributed by atoms with van der Waals surface area (Å²) >= 11 is 5.85. The number of hydrogen-bond acceptors (Lipinski definition) is 2. The van der Waals surface area contributed by atoms with Crippen LogP contribution in [0.5, 0.6) is 0 Å². The van der Waals surface area contributed by atoms with Crippen LogP contribution in [0.15, 0.2) is 18.2 Å². The quantitative estimate of drug-likeness (QED) is 0.844. The van der Waals surface area contributed by atoms with Crippen LogP contribution in [-0.2, 0) is 4.79 Å². The number of benzene rings is 1. The first-order chi connectivity index (χ1) is 7.58. The van der Waals surface area contributed by atoms with E-state index < -0.39 is 0 Å². The number of anilines is 1. The molecule has 16 heavy (non-hydrogen) atoms. The van der Waals surface area contributed by atoms with Gasteiger partial charge in [-0.05, 0) is 18.2 Å². The van der Waals surface area contributed by atoms with Crippen molar-refractivity contribution in [3.05, 3.63) is 23.2 Å². The van der Waals surface area contributed by atoms with Crippen molar-refractivity contribution in [3.63, 3.8) is 0 Å². The van der Waals surface area contributed by atoms with Gasteiger partial charge in [0.05, 0.1) is 5.52 Å². The van der Waals surface area contributed by atoms with Crippen molar-refractivity contribution in [1.29, 1.82) is 0 Å². The van der Waals surface area contributed by atoms with E-state index in [1.807, 2.05) is 19.9 Å². The van der Waals surface area contributed by atoms with E-state index in [-0.39, 0.29) is 11.8 Å². The number of nitrogens with one attached hydrogen (secondary N) is 2. The van der Waals surface area contributed by atoms with Gasteiger partial charge in [-0.25, -0.2) is 0 Å². The summed E-state index contributed by atoms with van der Waals surface area (Å²) in [6, 6.07) is 5.37. The number of hydrogen-bond donors (Lipinski definition) is 2. The molecule has 1 amide bonds. The van der Waals surface area contributed by atoms with E-state index in [2.05, 4.69) is 15.5 Å². The molecule has 2 N–H and O–H groups in total. The Hall–Kier alpha value is -1.55. The molecule has 1 aromatic carbocycles. The predicted octanol–water partition coefficient (Wildman–Crippen LogP) is 2.81. The van der Waals surface area contributed by atoms with Crippen molar-refractivity contribution in [2.45, 2.75) is 13.8 Å². The van der Waals surface area contributed by atoms with E-state index in [1.165, 1.54) is 0 Å². The molecule has 0 atom stereocenters. The van der Waals surface area contributed by atoms with Crippen LogP contribution in [0.3, 0.4) is 0 Å². The molecule has 5 heteroatoms. The number of fused-ring (bicyclic) bond motifs is 1. The Balaban J connectivity index is 2.35. The number of H-pyrrole nitrogens is 1. The summed E-state index contributed by atoms with van der Waals surface area (Å²) in [5.41, 5.74) is 0.812. The van der Waals surface area contributed by atoms with Gasteiger partial charge in [-0.1, -0.05) is 25.4 Å². The average Bonchev–Trinajstić information content (AvgIpc) is 2.60. The zero-order valence-electron chi connectivity index (χ0n) is 9.04. The van der Waals surface area contributed by atoms with Crippen molar-refractivity contribution < 1.29 is 4.79 Å². The zero-order valence-corrected chi connectivity index (χ0v) is 9.80. The fourth-order valence-electron chi connectivity index (χ4n) is 1.35. The largest absolute Gasteiger partial charge is 0.308 e. The number of nitrogens with zero attached hydrogens (tertiary/aromatic N) is 1. The van der Waals surface area contributed by atoms with Gasteiger partial charge in [-0.3, -0.25) is 9.89 Å². The summed E-state index contributed by atoms with van der Waals surface area (Å²) in [4.78, 5) is 11.5. The molecule has 0 aliphatic rings. The third-order valence-electron chi connectivity index (χ3n) is 2.29. The molecule has 0 bridgehead atoms. The Morgan fingerprint density at radius 3 is 2.94 bits per heavy atom. The van der Waals surface area contributed by atoms with Crippen LogP contribution >= 0.6 is 11.6 Å². The lowest BCUT2D eigenvalue weighted by molar-refractivity contribution is -0.118. The third-order valence-corrected chi connectivity index (χ3v) is 2.53. The molecule has 1 aromatic heterocycles. The molecule has 0 unspecified atom stereocenters. The van der Waals surface area contributed by atoms with Crippen molar-refractivity contribution in [1.82, 2.24) is 10.2 Å². The molecule has 0 aliphatic carbocycles. The molecular weight excluding hydrogens is 226 g/mol. The van der Waals surface area contributed by atoms with Gasteiger partial charge in [-0.15, -0.1) is 0 Å². The van der Waals surface area contributed by atoms with Gasteiger partial charge in [0.25, 0.3) is 0 Å². The number of rotatable bonds is 2. The highest BCUT2D eigenvalue weighted by Gasteiger charge is 2.11. The summed E-state index contributed by atoms with van der Waals surface area (Å²) in [5.74, 6) is 0.424. The highest BCUT2D eigenvalue weighted by molar-refractivity contribution is 6.31. The number of carbonyl (C=O) groups is 1. The second-order valence-electron chi connectivity index (χ2n) is 3.91. The normalized spacial score (nSPS) is 11.0. The summed E-state index contributed by atoms with van der Waals surface area (Å²) < 4.78 is 0. The van der Waals surface area contributed by atoms with Crippen molar-refractivity contribution in [2.24, 2.45) is 5.92 Å². The Bertz CT molecular complexity index is 533. The molecule has 84 valence electrons. The van der Waals surface area contributed by atoms with Gasteiger partial charge in [-0.2, -0.15) is 5.10 Å². The summed E-state index contributed by atoms with van der Waals surface area (Å²) in [7, 11) is 0. The first-order valence-corrected chi connectivity index (χ1v) is 5.40. The van der Waals surface area contributed by atoms with Gasteiger partial charge < -0.3 is 5.32 Å². The van der Waals surface area contributed by atoms with Gasteiger partial charge in [0.2, 0.25) is 5.91 Å². The van der Waals surface area contributed by atoms with Gasteiger partial charge >= 0.3 is 0 Å². The van der Waals surface area contributed by atoms with Crippen LogP contribution in [0.25, 0.3) is 10.9 Å². The number of carbonyl (C=O) groups excluding carboxylic acids is 1. The molecule has 0 radical (unpaired) electrons. The second kappa shape index (κ2) is 4.14. The average molecular weight is 238 g/mol. The monoisotopic (exact) mass is 237 g/mol. The maximum atomic E-state index is 11.5. The standard InChI is InChI=1S/C11H12ClN3O/c1-6(2)11(16)13-10-8-4-3-7(12)5-9(8)14-15-10/h3-6H,1-2H3,(H2,13,14,15,16). The fraction of sp³-hybridized carbons (Fsp3) is 0.273. The van der Waals surface area contributed by atoms with Crippen LogP contribution < -0.4 is 5.32 Å². The number of aromatic amines is 1.